The summed E-state index contributed by atoms with van der Waals surface area (Å²) in [6.07, 6.45) is 3.28. The predicted octanol–water partition coefficient (Wildman–Crippen LogP) is 2.50. The molecule has 98 valence electrons. The van der Waals surface area contributed by atoms with Gasteiger partial charge in [0.25, 0.3) is 0 Å². The summed E-state index contributed by atoms with van der Waals surface area (Å²) in [5.74, 6) is 0. The second-order valence-corrected chi connectivity index (χ2v) is 5.44. The van der Waals surface area contributed by atoms with Gasteiger partial charge in [0.15, 0.2) is 0 Å². The zero-order chi connectivity index (χ0) is 13.0. The second-order valence-electron chi connectivity index (χ2n) is 4.50. The highest BCUT2D eigenvalue weighted by Crippen LogP contribution is 2.12. The van der Waals surface area contributed by atoms with Gasteiger partial charge in [-0.1, -0.05) is 6.92 Å². The molecule has 0 bridgehead atoms. The fourth-order valence-electron chi connectivity index (χ4n) is 1.83. The molecule has 0 saturated heterocycles. The van der Waals surface area contributed by atoms with Crippen LogP contribution in [0.5, 0.6) is 0 Å². The molecule has 0 spiro atoms. The Bertz CT molecular complexity index is 501. The van der Waals surface area contributed by atoms with E-state index in [1.54, 1.807) is 11.3 Å². The van der Waals surface area contributed by atoms with Crippen LogP contribution in [0.15, 0.2) is 11.6 Å². The van der Waals surface area contributed by atoms with E-state index in [0.29, 0.717) is 0 Å². The lowest BCUT2D eigenvalue weighted by atomic mass is 10.2. The Balaban J connectivity index is 1.99. The monoisotopic (exact) mass is 264 g/mol. The van der Waals surface area contributed by atoms with E-state index in [9.17, 15) is 0 Å². The Kier molecular flexibility index (Phi) is 4.49. The van der Waals surface area contributed by atoms with Crippen molar-refractivity contribution >= 4 is 11.3 Å². The molecule has 0 aliphatic heterocycles. The molecule has 2 aromatic heterocycles. The summed E-state index contributed by atoms with van der Waals surface area (Å²) in [4.78, 5) is 4.46. The molecule has 5 heteroatoms. The summed E-state index contributed by atoms with van der Waals surface area (Å²) in [6.45, 7) is 8.98. The van der Waals surface area contributed by atoms with Gasteiger partial charge >= 0.3 is 0 Å². The fraction of sp³-hybridized carbons (Fsp3) is 0.538. The lowest BCUT2D eigenvalue weighted by molar-refractivity contribution is 0.667. The van der Waals surface area contributed by atoms with Crippen molar-refractivity contribution in [3.8, 4) is 0 Å². The van der Waals surface area contributed by atoms with E-state index in [-0.39, 0.29) is 0 Å². The number of nitrogens with one attached hydrogen (secondary N) is 1. The molecule has 2 heterocycles. The van der Waals surface area contributed by atoms with Crippen molar-refractivity contribution < 1.29 is 0 Å². The Morgan fingerprint density at radius 2 is 2.22 bits per heavy atom. The van der Waals surface area contributed by atoms with Crippen LogP contribution < -0.4 is 5.32 Å². The smallest absolute Gasteiger partial charge is 0.114 e. The maximum atomic E-state index is 4.54. The topological polar surface area (TPSA) is 42.7 Å². The Hall–Kier alpha value is -1.20. The third-order valence-electron chi connectivity index (χ3n) is 2.75. The van der Waals surface area contributed by atoms with Crippen LogP contribution in [-0.2, 0) is 13.1 Å². The molecular formula is C13H20N4S. The molecule has 4 nitrogen and oxygen atoms in total. The highest BCUT2D eigenvalue weighted by atomic mass is 32.1. The molecule has 0 aromatic carbocycles. The fourth-order valence-corrected chi connectivity index (χ4v) is 2.59. The minimum Gasteiger partial charge on any atom is -0.313 e. The average Bonchev–Trinajstić information content (AvgIpc) is 2.87. The first kappa shape index (κ1) is 13.2. The maximum absolute atomic E-state index is 4.54. The minimum absolute atomic E-state index is 0.771. The lowest BCUT2D eigenvalue weighted by Gasteiger charge is -2.00. The van der Waals surface area contributed by atoms with Crippen molar-refractivity contribution in [2.24, 2.45) is 0 Å². The molecule has 2 rings (SSSR count). The van der Waals surface area contributed by atoms with Crippen LogP contribution in [0.4, 0.5) is 0 Å². The number of nitrogens with zero attached hydrogens (tertiary/aromatic N) is 3. The minimum atomic E-state index is 0.771. The summed E-state index contributed by atoms with van der Waals surface area (Å²) >= 11 is 1.69. The van der Waals surface area contributed by atoms with Gasteiger partial charge in [-0.15, -0.1) is 11.3 Å². The van der Waals surface area contributed by atoms with Gasteiger partial charge in [-0.05, 0) is 26.8 Å². The molecule has 2 aromatic rings. The van der Waals surface area contributed by atoms with Crippen molar-refractivity contribution in [2.45, 2.75) is 40.3 Å². The van der Waals surface area contributed by atoms with E-state index in [1.165, 1.54) is 5.56 Å². The summed E-state index contributed by atoms with van der Waals surface area (Å²) in [5.41, 5.74) is 3.47. The van der Waals surface area contributed by atoms with Crippen LogP contribution in [0, 0.1) is 13.8 Å². The van der Waals surface area contributed by atoms with Gasteiger partial charge in [-0.2, -0.15) is 5.10 Å². The molecular weight excluding hydrogens is 244 g/mol. The quantitative estimate of drug-likeness (QED) is 0.815. The number of aromatic nitrogens is 3. The number of rotatable bonds is 6. The van der Waals surface area contributed by atoms with E-state index < -0.39 is 0 Å². The normalized spacial score (nSPS) is 11.1. The summed E-state index contributed by atoms with van der Waals surface area (Å²) in [5, 5.41) is 11.1. The van der Waals surface area contributed by atoms with E-state index in [0.717, 1.165) is 42.5 Å². The van der Waals surface area contributed by atoms with E-state index in [1.807, 2.05) is 11.6 Å². The first-order chi connectivity index (χ1) is 8.69. The van der Waals surface area contributed by atoms with Crippen LogP contribution in [0.25, 0.3) is 0 Å². The molecule has 0 radical (unpaired) electrons. The Morgan fingerprint density at radius 1 is 1.39 bits per heavy atom. The lowest BCUT2D eigenvalue weighted by Crippen LogP contribution is -2.13. The first-order valence-corrected chi connectivity index (χ1v) is 7.21. The number of hydrogen-bond donors (Lipinski definition) is 1. The van der Waals surface area contributed by atoms with Crippen molar-refractivity contribution in [3.63, 3.8) is 0 Å². The van der Waals surface area contributed by atoms with Gasteiger partial charge in [-0.25, -0.2) is 4.98 Å². The first-order valence-electron chi connectivity index (χ1n) is 6.33. The van der Waals surface area contributed by atoms with Crippen molar-refractivity contribution in [1.82, 2.24) is 20.1 Å². The molecule has 0 saturated carbocycles. The van der Waals surface area contributed by atoms with Crippen molar-refractivity contribution in [3.05, 3.63) is 33.5 Å². The zero-order valence-corrected chi connectivity index (χ0v) is 12.0. The molecule has 0 amide bonds. The zero-order valence-electron chi connectivity index (χ0n) is 11.2. The second kappa shape index (κ2) is 6.11. The van der Waals surface area contributed by atoms with Gasteiger partial charge in [0.05, 0.1) is 12.2 Å². The average molecular weight is 264 g/mol. The number of thiazole rings is 1. The molecule has 0 fully saturated rings. The van der Waals surface area contributed by atoms with Crippen LogP contribution >= 0.6 is 11.3 Å². The van der Waals surface area contributed by atoms with Crippen LogP contribution in [0.2, 0.25) is 0 Å². The maximum Gasteiger partial charge on any atom is 0.114 e. The number of aryl methyl sites for hydroxylation is 2. The van der Waals surface area contributed by atoms with E-state index in [2.05, 4.69) is 40.8 Å². The van der Waals surface area contributed by atoms with Crippen molar-refractivity contribution in [2.75, 3.05) is 6.54 Å². The van der Waals surface area contributed by atoms with Crippen LogP contribution in [0.3, 0.4) is 0 Å². The highest BCUT2D eigenvalue weighted by Gasteiger charge is 2.06. The number of hydrogen-bond acceptors (Lipinski definition) is 4. The predicted molar refractivity (Wildman–Crippen MR) is 74.9 cm³/mol. The van der Waals surface area contributed by atoms with Crippen LogP contribution in [0.1, 0.15) is 35.3 Å². The summed E-state index contributed by atoms with van der Waals surface area (Å²) in [6, 6.07) is 0. The molecule has 0 aliphatic carbocycles. The van der Waals surface area contributed by atoms with Gasteiger partial charge in [0.1, 0.15) is 5.01 Å². The van der Waals surface area contributed by atoms with Gasteiger partial charge in [0, 0.05) is 29.4 Å². The summed E-state index contributed by atoms with van der Waals surface area (Å²) in [7, 11) is 0. The Labute approximate surface area is 112 Å². The SMILES string of the molecule is CCCNCc1cn(Cc2nc(C)cs2)nc1C. The standard InChI is InChI=1S/C13H20N4S/c1-4-5-14-6-12-7-17(16-11(12)3)8-13-15-10(2)9-18-13/h7,9,14H,4-6,8H2,1-3H3. The van der Waals surface area contributed by atoms with E-state index in [4.69, 9.17) is 0 Å². The van der Waals surface area contributed by atoms with Gasteiger partial charge in [-0.3, -0.25) is 4.68 Å². The van der Waals surface area contributed by atoms with Crippen molar-refractivity contribution in [1.29, 1.82) is 0 Å². The van der Waals surface area contributed by atoms with Gasteiger partial charge in [0.2, 0.25) is 0 Å². The largest absolute Gasteiger partial charge is 0.313 e. The molecule has 0 unspecified atom stereocenters. The van der Waals surface area contributed by atoms with Crippen LogP contribution in [-0.4, -0.2) is 21.3 Å². The van der Waals surface area contributed by atoms with Gasteiger partial charge < -0.3 is 5.32 Å². The molecule has 1 N–H and O–H groups in total. The third-order valence-corrected chi connectivity index (χ3v) is 3.71. The highest BCUT2D eigenvalue weighted by molar-refractivity contribution is 7.09. The molecule has 0 atom stereocenters. The molecule has 0 aliphatic rings. The Morgan fingerprint density at radius 3 is 2.89 bits per heavy atom. The van der Waals surface area contributed by atoms with E-state index >= 15 is 0 Å². The molecule has 18 heavy (non-hydrogen) atoms. The summed E-state index contributed by atoms with van der Waals surface area (Å²) < 4.78 is 1.98. The third kappa shape index (κ3) is 3.40.